The van der Waals surface area contributed by atoms with Crippen LogP contribution in [0.5, 0.6) is 0 Å². The van der Waals surface area contributed by atoms with Gasteiger partial charge in [0.05, 0.1) is 17.0 Å². The largest absolute Gasteiger partial charge is 0.452 e. The number of ether oxygens (including phenoxy) is 1. The molecule has 1 aliphatic carbocycles. The third kappa shape index (κ3) is 5.52. The highest BCUT2D eigenvalue weighted by molar-refractivity contribution is 7.89. The molecule has 0 heterocycles. The van der Waals surface area contributed by atoms with Gasteiger partial charge >= 0.3 is 5.97 Å². The fourth-order valence-electron chi connectivity index (χ4n) is 2.31. The summed E-state index contributed by atoms with van der Waals surface area (Å²) < 4.78 is 30.5. The van der Waals surface area contributed by atoms with Gasteiger partial charge in [-0.25, -0.2) is 17.5 Å². The van der Waals surface area contributed by atoms with Gasteiger partial charge in [0.25, 0.3) is 5.91 Å². The number of nitrogens with zero attached hydrogens (tertiary/aromatic N) is 2. The van der Waals surface area contributed by atoms with E-state index in [4.69, 9.17) is 4.74 Å². The summed E-state index contributed by atoms with van der Waals surface area (Å²) in [7, 11) is 0.516. The van der Waals surface area contributed by atoms with Crippen LogP contribution in [0.2, 0.25) is 0 Å². The predicted octanol–water partition coefficient (Wildman–Crippen LogP) is 0.139. The molecular formula is C18H25N3O6S. The first kappa shape index (κ1) is 21.8. The van der Waals surface area contributed by atoms with Gasteiger partial charge in [-0.1, -0.05) is 6.07 Å². The molecule has 0 radical (unpaired) electrons. The van der Waals surface area contributed by atoms with E-state index >= 15 is 0 Å². The molecule has 28 heavy (non-hydrogen) atoms. The molecule has 154 valence electrons. The molecule has 0 aromatic heterocycles. The van der Waals surface area contributed by atoms with E-state index in [1.54, 1.807) is 6.92 Å². The van der Waals surface area contributed by atoms with Crippen LogP contribution in [0.4, 0.5) is 0 Å². The number of carbonyl (C=O) groups is 3. The average Bonchev–Trinajstić information content (AvgIpc) is 3.42. The molecular weight excluding hydrogens is 386 g/mol. The summed E-state index contributed by atoms with van der Waals surface area (Å²) in [6, 6.07) is 4.33. The van der Waals surface area contributed by atoms with Crippen LogP contribution in [0.1, 0.15) is 28.8 Å². The molecule has 2 rings (SSSR count). The van der Waals surface area contributed by atoms with Gasteiger partial charge in [0.1, 0.15) is 0 Å². The lowest BCUT2D eigenvalue weighted by Gasteiger charge is -2.17. The standard InChI is InChI=1S/C18H25N3O6S/c1-12-5-8-14(28(25,26)20(2)3)9-15(12)18(24)27-11-17(23)21(4)10-16(22)19-13-6-7-13/h5,8-9,13H,6-7,10-11H2,1-4H3,(H,19,22). The van der Waals surface area contributed by atoms with Crippen LogP contribution in [-0.2, 0) is 24.3 Å². The summed E-state index contributed by atoms with van der Waals surface area (Å²) in [5, 5.41) is 2.77. The van der Waals surface area contributed by atoms with Crippen molar-refractivity contribution in [2.75, 3.05) is 34.3 Å². The second-order valence-electron chi connectivity index (χ2n) is 6.93. The molecule has 1 aliphatic rings. The second-order valence-corrected chi connectivity index (χ2v) is 9.08. The zero-order valence-electron chi connectivity index (χ0n) is 16.4. The zero-order valence-corrected chi connectivity index (χ0v) is 17.2. The van der Waals surface area contributed by atoms with Crippen LogP contribution in [0, 0.1) is 6.92 Å². The van der Waals surface area contributed by atoms with E-state index in [0.29, 0.717) is 5.56 Å². The minimum atomic E-state index is -3.71. The number of amides is 2. The first-order valence-corrected chi connectivity index (χ1v) is 10.2. The first-order chi connectivity index (χ1) is 13.0. The highest BCUT2D eigenvalue weighted by Gasteiger charge is 2.25. The number of aryl methyl sites for hydroxylation is 1. The van der Waals surface area contributed by atoms with Crippen molar-refractivity contribution in [3.8, 4) is 0 Å². The Labute approximate surface area is 164 Å². The Kier molecular flexibility index (Phi) is 6.78. The van der Waals surface area contributed by atoms with Gasteiger partial charge in [0.15, 0.2) is 6.61 Å². The SMILES string of the molecule is Cc1ccc(S(=O)(=O)N(C)C)cc1C(=O)OCC(=O)N(C)CC(=O)NC1CC1. The molecule has 1 fully saturated rings. The average molecular weight is 411 g/mol. The van der Waals surface area contributed by atoms with Crippen molar-refractivity contribution in [3.63, 3.8) is 0 Å². The lowest BCUT2D eigenvalue weighted by molar-refractivity contribution is -0.137. The van der Waals surface area contributed by atoms with E-state index in [9.17, 15) is 22.8 Å². The molecule has 2 amide bonds. The summed E-state index contributed by atoms with van der Waals surface area (Å²) in [6.07, 6.45) is 1.89. The summed E-state index contributed by atoms with van der Waals surface area (Å²) >= 11 is 0. The number of nitrogens with one attached hydrogen (secondary N) is 1. The summed E-state index contributed by atoms with van der Waals surface area (Å²) in [6.45, 7) is 0.970. The number of sulfonamides is 1. The van der Waals surface area contributed by atoms with E-state index in [1.165, 1.54) is 44.2 Å². The Morgan fingerprint density at radius 1 is 1.18 bits per heavy atom. The highest BCUT2D eigenvalue weighted by Crippen LogP contribution is 2.19. The Morgan fingerprint density at radius 2 is 1.82 bits per heavy atom. The third-order valence-corrected chi connectivity index (χ3v) is 6.09. The number of rotatable bonds is 8. The van der Waals surface area contributed by atoms with Crippen LogP contribution < -0.4 is 5.32 Å². The topological polar surface area (TPSA) is 113 Å². The van der Waals surface area contributed by atoms with Crippen LogP contribution >= 0.6 is 0 Å². The number of likely N-dealkylation sites (N-methyl/N-ethyl adjacent to an activating group) is 1. The summed E-state index contributed by atoms with van der Waals surface area (Å²) in [5.41, 5.74) is 0.581. The monoisotopic (exact) mass is 411 g/mol. The number of hydrogen-bond acceptors (Lipinski definition) is 6. The van der Waals surface area contributed by atoms with Crippen LogP contribution in [0.25, 0.3) is 0 Å². The lowest BCUT2D eigenvalue weighted by atomic mass is 10.1. The van der Waals surface area contributed by atoms with E-state index in [1.807, 2.05) is 0 Å². The maximum absolute atomic E-state index is 12.3. The number of hydrogen-bond donors (Lipinski definition) is 1. The molecule has 10 heteroatoms. The Hall–Kier alpha value is -2.46. The molecule has 0 atom stereocenters. The van der Waals surface area contributed by atoms with Gasteiger partial charge in [-0.05, 0) is 37.5 Å². The van der Waals surface area contributed by atoms with Gasteiger partial charge in [0.2, 0.25) is 15.9 Å². The fourth-order valence-corrected chi connectivity index (χ4v) is 3.24. The maximum atomic E-state index is 12.3. The minimum Gasteiger partial charge on any atom is -0.452 e. The quantitative estimate of drug-likeness (QED) is 0.609. The van der Waals surface area contributed by atoms with E-state index in [0.717, 1.165) is 17.1 Å². The van der Waals surface area contributed by atoms with Gasteiger partial charge in [-0.2, -0.15) is 0 Å². The van der Waals surface area contributed by atoms with Crippen LogP contribution in [0.15, 0.2) is 23.1 Å². The van der Waals surface area contributed by atoms with Crippen LogP contribution in [0.3, 0.4) is 0 Å². The fraction of sp³-hybridized carbons (Fsp3) is 0.500. The lowest BCUT2D eigenvalue weighted by Crippen LogP contribution is -2.40. The third-order valence-electron chi connectivity index (χ3n) is 4.28. The predicted molar refractivity (Wildman–Crippen MR) is 101 cm³/mol. The minimum absolute atomic E-state index is 0.0461. The van der Waals surface area contributed by atoms with E-state index in [2.05, 4.69) is 5.32 Å². The molecule has 0 bridgehead atoms. The van der Waals surface area contributed by atoms with Crippen molar-refractivity contribution in [3.05, 3.63) is 29.3 Å². The molecule has 1 N–H and O–H groups in total. The highest BCUT2D eigenvalue weighted by atomic mass is 32.2. The number of benzene rings is 1. The molecule has 1 aromatic carbocycles. The van der Waals surface area contributed by atoms with Gasteiger partial charge < -0.3 is 15.0 Å². The van der Waals surface area contributed by atoms with Crippen molar-refractivity contribution >= 4 is 27.8 Å². The molecule has 1 aromatic rings. The van der Waals surface area contributed by atoms with Crippen molar-refractivity contribution in [2.45, 2.75) is 30.7 Å². The maximum Gasteiger partial charge on any atom is 0.338 e. The first-order valence-electron chi connectivity index (χ1n) is 8.76. The summed E-state index contributed by atoms with van der Waals surface area (Å²) in [4.78, 5) is 37.3. The molecule has 0 aliphatic heterocycles. The van der Waals surface area contributed by atoms with Crippen LogP contribution in [-0.4, -0.2) is 75.7 Å². The van der Waals surface area contributed by atoms with E-state index < -0.39 is 28.5 Å². The normalized spacial score (nSPS) is 13.9. The van der Waals surface area contributed by atoms with Gasteiger partial charge in [0, 0.05) is 27.2 Å². The Bertz CT molecular complexity index is 877. The molecule has 0 unspecified atom stereocenters. The number of carbonyl (C=O) groups excluding carboxylic acids is 3. The number of esters is 1. The Morgan fingerprint density at radius 3 is 2.39 bits per heavy atom. The smallest absolute Gasteiger partial charge is 0.338 e. The zero-order chi connectivity index (χ0) is 21.1. The van der Waals surface area contributed by atoms with E-state index in [-0.39, 0.29) is 29.0 Å². The second kappa shape index (κ2) is 8.70. The molecule has 0 saturated heterocycles. The van der Waals surface area contributed by atoms with Crippen molar-refractivity contribution < 1.29 is 27.5 Å². The van der Waals surface area contributed by atoms with Crippen molar-refractivity contribution in [1.29, 1.82) is 0 Å². The van der Waals surface area contributed by atoms with Crippen molar-refractivity contribution in [1.82, 2.24) is 14.5 Å². The van der Waals surface area contributed by atoms with Gasteiger partial charge in [-0.15, -0.1) is 0 Å². The molecule has 0 spiro atoms. The van der Waals surface area contributed by atoms with Crippen molar-refractivity contribution in [2.24, 2.45) is 0 Å². The molecule has 9 nitrogen and oxygen atoms in total. The molecule has 1 saturated carbocycles. The Balaban J connectivity index is 1.98. The summed E-state index contributed by atoms with van der Waals surface area (Å²) in [5.74, 6) is -1.60. The van der Waals surface area contributed by atoms with Gasteiger partial charge in [-0.3, -0.25) is 9.59 Å².